The summed E-state index contributed by atoms with van der Waals surface area (Å²) in [5.74, 6) is 1.52. The zero-order valence-corrected chi connectivity index (χ0v) is 11.8. The summed E-state index contributed by atoms with van der Waals surface area (Å²) in [7, 11) is 2.10. The average molecular weight is 268 g/mol. The second-order valence-corrected chi connectivity index (χ2v) is 5.31. The molecule has 1 unspecified atom stereocenters. The molecular formula is C17H20N2O. The van der Waals surface area contributed by atoms with Gasteiger partial charge in [-0.1, -0.05) is 30.3 Å². The Hall–Kier alpha value is -2.16. The lowest BCUT2D eigenvalue weighted by Gasteiger charge is -2.31. The van der Waals surface area contributed by atoms with Crippen molar-refractivity contribution in [2.45, 2.75) is 12.3 Å². The van der Waals surface area contributed by atoms with E-state index in [9.17, 15) is 0 Å². The molecule has 0 fully saturated rings. The van der Waals surface area contributed by atoms with Crippen LogP contribution in [0.5, 0.6) is 5.75 Å². The molecule has 0 aromatic heterocycles. The Morgan fingerprint density at radius 1 is 1.15 bits per heavy atom. The van der Waals surface area contributed by atoms with Crippen molar-refractivity contribution in [3.63, 3.8) is 0 Å². The van der Waals surface area contributed by atoms with Gasteiger partial charge in [0.25, 0.3) is 0 Å². The molecule has 1 aliphatic heterocycles. The van der Waals surface area contributed by atoms with Gasteiger partial charge in [0, 0.05) is 19.5 Å². The smallest absolute Gasteiger partial charge is 0.122 e. The third-order valence-corrected chi connectivity index (χ3v) is 3.92. The van der Waals surface area contributed by atoms with Gasteiger partial charge in [0.05, 0.1) is 18.0 Å². The van der Waals surface area contributed by atoms with E-state index < -0.39 is 0 Å². The van der Waals surface area contributed by atoms with E-state index in [0.717, 1.165) is 36.7 Å². The summed E-state index contributed by atoms with van der Waals surface area (Å²) in [6.07, 6.45) is 1.05. The van der Waals surface area contributed by atoms with Crippen LogP contribution in [-0.4, -0.2) is 20.2 Å². The third-order valence-electron chi connectivity index (χ3n) is 3.92. The molecule has 104 valence electrons. The van der Waals surface area contributed by atoms with Crippen molar-refractivity contribution in [1.82, 2.24) is 0 Å². The number of nitrogens with zero attached hydrogens (tertiary/aromatic N) is 1. The van der Waals surface area contributed by atoms with Crippen LogP contribution in [-0.2, 0) is 0 Å². The molecule has 3 nitrogen and oxygen atoms in total. The van der Waals surface area contributed by atoms with Crippen molar-refractivity contribution in [3.8, 4) is 5.75 Å². The summed E-state index contributed by atoms with van der Waals surface area (Å²) in [6, 6.07) is 16.3. The van der Waals surface area contributed by atoms with Crippen molar-refractivity contribution < 1.29 is 4.74 Å². The van der Waals surface area contributed by atoms with Gasteiger partial charge in [-0.3, -0.25) is 0 Å². The van der Waals surface area contributed by atoms with Crippen molar-refractivity contribution in [3.05, 3.63) is 54.1 Å². The van der Waals surface area contributed by atoms with Crippen molar-refractivity contribution in [1.29, 1.82) is 0 Å². The maximum absolute atomic E-state index is 6.05. The molecule has 0 spiro atoms. The molecule has 0 amide bonds. The highest BCUT2D eigenvalue weighted by molar-refractivity contribution is 5.67. The van der Waals surface area contributed by atoms with E-state index in [4.69, 9.17) is 10.5 Å². The van der Waals surface area contributed by atoms with Gasteiger partial charge >= 0.3 is 0 Å². The van der Waals surface area contributed by atoms with Crippen molar-refractivity contribution >= 4 is 11.4 Å². The monoisotopic (exact) mass is 268 g/mol. The predicted octanol–water partition coefficient (Wildman–Crippen LogP) is 3.27. The predicted molar refractivity (Wildman–Crippen MR) is 83.4 cm³/mol. The lowest BCUT2D eigenvalue weighted by atomic mass is 9.92. The summed E-state index contributed by atoms with van der Waals surface area (Å²) in [5.41, 5.74) is 9.28. The summed E-state index contributed by atoms with van der Waals surface area (Å²) in [6.45, 7) is 1.74. The molecule has 0 saturated carbocycles. The van der Waals surface area contributed by atoms with Crippen molar-refractivity contribution in [2.24, 2.45) is 0 Å². The first-order valence-electron chi connectivity index (χ1n) is 7.03. The summed E-state index contributed by atoms with van der Waals surface area (Å²) in [4.78, 5) is 2.24. The van der Waals surface area contributed by atoms with Gasteiger partial charge in [0.2, 0.25) is 0 Å². The third kappa shape index (κ3) is 2.44. The summed E-state index contributed by atoms with van der Waals surface area (Å²) >= 11 is 0. The van der Waals surface area contributed by atoms with Gasteiger partial charge in [-0.2, -0.15) is 0 Å². The van der Waals surface area contributed by atoms with Gasteiger partial charge in [0.15, 0.2) is 0 Å². The zero-order valence-electron chi connectivity index (χ0n) is 11.8. The second-order valence-electron chi connectivity index (χ2n) is 5.31. The molecule has 1 aliphatic rings. The highest BCUT2D eigenvalue weighted by Crippen LogP contribution is 2.35. The number of nitrogen functional groups attached to an aromatic ring is 1. The maximum Gasteiger partial charge on any atom is 0.122 e. The number of benzene rings is 2. The molecule has 1 heterocycles. The van der Waals surface area contributed by atoms with Crippen LogP contribution in [0.2, 0.25) is 0 Å². The minimum atomic E-state index is 0.490. The maximum atomic E-state index is 6.05. The highest BCUT2D eigenvalue weighted by atomic mass is 16.5. The molecule has 0 saturated heterocycles. The van der Waals surface area contributed by atoms with Crippen LogP contribution in [0.15, 0.2) is 48.5 Å². The Balaban J connectivity index is 1.81. The first-order chi connectivity index (χ1) is 9.75. The van der Waals surface area contributed by atoms with Crippen LogP contribution in [0.4, 0.5) is 11.4 Å². The summed E-state index contributed by atoms with van der Waals surface area (Å²) < 4.78 is 5.72. The molecule has 2 aromatic carbocycles. The molecular weight excluding hydrogens is 248 g/mol. The molecule has 2 aromatic rings. The Kier molecular flexibility index (Phi) is 3.50. The molecule has 0 radical (unpaired) electrons. The minimum Gasteiger partial charge on any atom is -0.493 e. The van der Waals surface area contributed by atoms with E-state index in [2.05, 4.69) is 36.2 Å². The standard InChI is InChI=1S/C17H20N2O/c1-19(16-8-4-3-7-15(16)18)12-13-10-11-20-17-9-5-2-6-14(13)17/h2-9,13H,10-12,18H2,1H3. The minimum absolute atomic E-state index is 0.490. The molecule has 0 bridgehead atoms. The van der Waals surface area contributed by atoms with Gasteiger partial charge in [0.1, 0.15) is 5.75 Å². The zero-order chi connectivity index (χ0) is 13.9. The molecule has 3 rings (SSSR count). The van der Waals surface area contributed by atoms with Crippen LogP contribution in [0, 0.1) is 0 Å². The number of likely N-dealkylation sites (N-methyl/N-ethyl adjacent to an activating group) is 1. The highest BCUT2D eigenvalue weighted by Gasteiger charge is 2.22. The largest absolute Gasteiger partial charge is 0.493 e. The van der Waals surface area contributed by atoms with E-state index in [1.165, 1.54) is 5.56 Å². The SMILES string of the molecule is CN(CC1CCOc2ccccc21)c1ccccc1N. The van der Waals surface area contributed by atoms with E-state index >= 15 is 0 Å². The Bertz CT molecular complexity index is 597. The number of fused-ring (bicyclic) bond motifs is 1. The first kappa shape index (κ1) is 12.9. The normalized spacial score (nSPS) is 17.1. The quantitative estimate of drug-likeness (QED) is 0.868. The number of rotatable bonds is 3. The van der Waals surface area contributed by atoms with Gasteiger partial charge in [-0.15, -0.1) is 0 Å². The van der Waals surface area contributed by atoms with E-state index in [1.54, 1.807) is 0 Å². The lowest BCUT2D eigenvalue weighted by molar-refractivity contribution is 0.268. The van der Waals surface area contributed by atoms with Crippen LogP contribution < -0.4 is 15.4 Å². The average Bonchev–Trinajstić information content (AvgIpc) is 2.48. The van der Waals surface area contributed by atoms with Gasteiger partial charge < -0.3 is 15.4 Å². The summed E-state index contributed by atoms with van der Waals surface area (Å²) in [5, 5.41) is 0. The van der Waals surface area contributed by atoms with Crippen LogP contribution in [0.1, 0.15) is 17.9 Å². The fraction of sp³-hybridized carbons (Fsp3) is 0.294. The van der Waals surface area contributed by atoms with Crippen LogP contribution in [0.25, 0.3) is 0 Å². The van der Waals surface area contributed by atoms with E-state index in [-0.39, 0.29) is 0 Å². The second kappa shape index (κ2) is 5.45. The Morgan fingerprint density at radius 2 is 1.90 bits per heavy atom. The molecule has 1 atom stereocenters. The molecule has 20 heavy (non-hydrogen) atoms. The number of anilines is 2. The van der Waals surface area contributed by atoms with Crippen molar-refractivity contribution in [2.75, 3.05) is 30.8 Å². The van der Waals surface area contributed by atoms with E-state index in [1.807, 2.05) is 24.3 Å². The van der Waals surface area contributed by atoms with Gasteiger partial charge in [-0.25, -0.2) is 0 Å². The fourth-order valence-electron chi connectivity index (χ4n) is 2.87. The topological polar surface area (TPSA) is 38.5 Å². The fourth-order valence-corrected chi connectivity index (χ4v) is 2.87. The Labute approximate surface area is 120 Å². The molecule has 3 heteroatoms. The Morgan fingerprint density at radius 3 is 2.75 bits per heavy atom. The number of para-hydroxylation sites is 3. The molecule has 2 N–H and O–H groups in total. The first-order valence-corrected chi connectivity index (χ1v) is 7.03. The number of nitrogens with two attached hydrogens (primary N) is 1. The van der Waals surface area contributed by atoms with Gasteiger partial charge in [-0.05, 0) is 30.2 Å². The molecule has 0 aliphatic carbocycles. The lowest BCUT2D eigenvalue weighted by Crippen LogP contribution is -2.28. The number of hydrogen-bond acceptors (Lipinski definition) is 3. The van der Waals surface area contributed by atoms with Crippen LogP contribution >= 0.6 is 0 Å². The number of hydrogen-bond donors (Lipinski definition) is 1. The number of ether oxygens (including phenoxy) is 1. The van der Waals surface area contributed by atoms with E-state index in [0.29, 0.717) is 5.92 Å². The van der Waals surface area contributed by atoms with Crippen LogP contribution in [0.3, 0.4) is 0 Å².